The van der Waals surface area contributed by atoms with E-state index in [0.29, 0.717) is 30.2 Å². The van der Waals surface area contributed by atoms with Gasteiger partial charge in [-0.3, -0.25) is 4.79 Å². The zero-order valence-electron chi connectivity index (χ0n) is 43.8. The van der Waals surface area contributed by atoms with Gasteiger partial charge >= 0.3 is 0 Å². The Labute approximate surface area is 416 Å². The topological polar surface area (TPSA) is 113 Å². The van der Waals surface area contributed by atoms with Gasteiger partial charge in [0.1, 0.15) is 16.4 Å². The van der Waals surface area contributed by atoms with E-state index in [9.17, 15) is 13.2 Å². The van der Waals surface area contributed by atoms with Crippen LogP contribution in [-0.2, 0) is 25.6 Å². The van der Waals surface area contributed by atoms with Crippen LogP contribution < -0.4 is 19.7 Å². The number of nitrogens with zero attached hydrogens (tertiary/aromatic N) is 4. The number of nitrogens with one attached hydrogen (secondary N) is 1. The number of unbranched alkanes of at least 4 members (excludes halogenated alkanes) is 11. The van der Waals surface area contributed by atoms with E-state index in [1.165, 1.54) is 74.1 Å². The Hall–Kier alpha value is -5.16. The maximum Gasteiger partial charge on any atom is 0.278 e. The van der Waals surface area contributed by atoms with Crippen LogP contribution in [0.3, 0.4) is 0 Å². The van der Waals surface area contributed by atoms with Crippen LogP contribution in [-0.4, -0.2) is 63.5 Å². The smallest absolute Gasteiger partial charge is 0.278 e. The lowest BCUT2D eigenvalue weighted by Gasteiger charge is -2.31. The lowest BCUT2D eigenvalue weighted by atomic mass is 9.76. The monoisotopic (exact) mass is 962 g/mol. The molecule has 0 fully saturated rings. The number of anilines is 2. The number of fused-ring (bicyclic) bond motifs is 1. The normalized spacial score (nSPS) is 13.7. The van der Waals surface area contributed by atoms with Crippen molar-refractivity contribution in [3.63, 3.8) is 0 Å². The van der Waals surface area contributed by atoms with E-state index < -0.39 is 15.9 Å². The highest BCUT2D eigenvalue weighted by Gasteiger charge is 2.38. The molecule has 69 heavy (non-hydrogen) atoms. The van der Waals surface area contributed by atoms with Crippen molar-refractivity contribution in [1.82, 2.24) is 4.31 Å². The SMILES string of the molecule is CCCCCCCCCCCCCCOc1ccccc1NC(=O)C(=Nc1ccc(N(C)CC)cc1C)C1=Nc2ccccc2S(=O)(=O)N1CCCOc1ccc(C(C)(C)CC)cc1C(C)(C)CC. The molecule has 0 radical (unpaired) electrons. The van der Waals surface area contributed by atoms with Gasteiger partial charge in [0.05, 0.1) is 30.3 Å². The summed E-state index contributed by atoms with van der Waals surface area (Å²) < 4.78 is 43.6. The highest BCUT2D eigenvalue weighted by molar-refractivity contribution is 7.90. The predicted molar refractivity (Wildman–Crippen MR) is 289 cm³/mol. The lowest BCUT2D eigenvalue weighted by Crippen LogP contribution is -2.47. The standard InChI is InChI=1S/C58H83N5O5S/c1-11-15-16-17-18-19-20-21-22-23-24-29-40-68-52-33-27-25-31-49(52)61-56(64)54(59-48-37-36-46(42-44(48)5)62(10)14-4)55-60-50-32-26-28-34-53(50)69(65,66)63(55)39-30-41-67-51-38-35-45(57(6,7)12-2)43-47(51)58(8,9)13-3/h25-28,31-38,42-43H,11-24,29-30,39-41H2,1-10H3,(H,61,64). The number of para-hydroxylation sites is 3. The molecule has 11 heteroatoms. The lowest BCUT2D eigenvalue weighted by molar-refractivity contribution is -0.110. The van der Waals surface area contributed by atoms with Gasteiger partial charge in [0.25, 0.3) is 15.9 Å². The van der Waals surface area contributed by atoms with Gasteiger partial charge in [0.2, 0.25) is 0 Å². The Bertz CT molecular complexity index is 2460. The minimum atomic E-state index is -4.20. The van der Waals surface area contributed by atoms with Gasteiger partial charge in [0.15, 0.2) is 11.5 Å². The molecule has 10 nitrogen and oxygen atoms in total. The van der Waals surface area contributed by atoms with Crippen molar-refractivity contribution >= 4 is 50.2 Å². The van der Waals surface area contributed by atoms with E-state index >= 15 is 0 Å². The van der Waals surface area contributed by atoms with Crippen LogP contribution in [0.4, 0.5) is 22.7 Å². The second-order valence-electron chi connectivity index (χ2n) is 20.0. The number of carbonyl (C=O) groups is 1. The fourth-order valence-electron chi connectivity index (χ4n) is 8.47. The fraction of sp³-hybridized carbons (Fsp3) is 0.534. The first-order valence-electron chi connectivity index (χ1n) is 26.0. The summed E-state index contributed by atoms with van der Waals surface area (Å²) >= 11 is 0. The first-order valence-corrected chi connectivity index (χ1v) is 27.4. The van der Waals surface area contributed by atoms with Gasteiger partial charge in [0, 0.05) is 37.8 Å². The molecule has 0 spiro atoms. The quantitative estimate of drug-likeness (QED) is 0.0428. The maximum absolute atomic E-state index is 14.9. The summed E-state index contributed by atoms with van der Waals surface area (Å²) in [6.07, 6.45) is 17.3. The number of sulfonamides is 1. The second kappa shape index (κ2) is 26.2. The number of hydrogen-bond acceptors (Lipinski definition) is 8. The Morgan fingerprint density at radius 3 is 1.97 bits per heavy atom. The molecule has 0 aliphatic carbocycles. The van der Waals surface area contributed by atoms with Crippen molar-refractivity contribution in [2.45, 2.75) is 174 Å². The van der Waals surface area contributed by atoms with Crippen LogP contribution in [0, 0.1) is 6.92 Å². The molecular weight excluding hydrogens is 879 g/mol. The molecule has 0 aromatic heterocycles. The number of hydrogen-bond donors (Lipinski definition) is 1. The molecule has 0 atom stereocenters. The molecule has 1 heterocycles. The maximum atomic E-state index is 14.9. The van der Waals surface area contributed by atoms with Crippen molar-refractivity contribution in [2.75, 3.05) is 43.6 Å². The average molecular weight is 962 g/mol. The molecule has 4 aromatic carbocycles. The van der Waals surface area contributed by atoms with E-state index in [0.717, 1.165) is 54.8 Å². The Balaban J connectivity index is 1.41. The van der Waals surface area contributed by atoms with Crippen LogP contribution in [0.5, 0.6) is 11.5 Å². The van der Waals surface area contributed by atoms with Crippen LogP contribution >= 0.6 is 0 Å². The second-order valence-corrected chi connectivity index (χ2v) is 21.8. The molecule has 1 aliphatic heterocycles. The van der Waals surface area contributed by atoms with Crippen LogP contribution in [0.15, 0.2) is 99.8 Å². The Morgan fingerprint density at radius 2 is 1.32 bits per heavy atom. The number of benzene rings is 4. The molecule has 1 aliphatic rings. The van der Waals surface area contributed by atoms with Gasteiger partial charge in [-0.15, -0.1) is 0 Å². The van der Waals surface area contributed by atoms with Crippen LogP contribution in [0.25, 0.3) is 0 Å². The van der Waals surface area contributed by atoms with Gasteiger partial charge in [-0.1, -0.05) is 155 Å². The van der Waals surface area contributed by atoms with Gasteiger partial charge in [-0.05, 0) is 104 Å². The van der Waals surface area contributed by atoms with E-state index in [1.807, 2.05) is 50.4 Å². The molecule has 0 unspecified atom stereocenters. The molecule has 4 aromatic rings. The van der Waals surface area contributed by atoms with Gasteiger partial charge in [-0.25, -0.2) is 22.7 Å². The summed E-state index contributed by atoms with van der Waals surface area (Å²) in [5.74, 6) is 0.647. The minimum absolute atomic E-state index is 0.00476. The van der Waals surface area contributed by atoms with Crippen molar-refractivity contribution in [3.05, 3.63) is 102 Å². The van der Waals surface area contributed by atoms with E-state index in [1.54, 1.807) is 30.3 Å². The first kappa shape index (κ1) is 54.8. The number of amidine groups is 1. The average Bonchev–Trinajstić information content (AvgIpc) is 3.34. The van der Waals surface area contributed by atoms with Crippen molar-refractivity contribution in [2.24, 2.45) is 9.98 Å². The number of rotatable bonds is 29. The zero-order chi connectivity index (χ0) is 50.0. The highest BCUT2D eigenvalue weighted by Crippen LogP contribution is 2.39. The van der Waals surface area contributed by atoms with E-state index in [-0.39, 0.29) is 46.1 Å². The summed E-state index contributed by atoms with van der Waals surface area (Å²) in [5.41, 5.74) is 5.16. The van der Waals surface area contributed by atoms with Crippen LogP contribution in [0.2, 0.25) is 0 Å². The molecule has 0 bridgehead atoms. The highest BCUT2D eigenvalue weighted by atomic mass is 32.2. The van der Waals surface area contributed by atoms with Crippen molar-refractivity contribution in [1.29, 1.82) is 0 Å². The van der Waals surface area contributed by atoms with Crippen molar-refractivity contribution < 1.29 is 22.7 Å². The zero-order valence-corrected chi connectivity index (χ0v) is 44.6. The third kappa shape index (κ3) is 14.9. The largest absolute Gasteiger partial charge is 0.493 e. The van der Waals surface area contributed by atoms with Crippen LogP contribution in [0.1, 0.15) is 168 Å². The Kier molecular flexibility index (Phi) is 20.8. The number of carbonyl (C=O) groups excluding carboxylic acids is 1. The van der Waals surface area contributed by atoms with Crippen molar-refractivity contribution in [3.8, 4) is 11.5 Å². The molecular formula is C58H83N5O5S. The number of amides is 1. The van der Waals surface area contributed by atoms with Gasteiger partial charge < -0.3 is 19.7 Å². The number of aryl methyl sites for hydroxylation is 1. The molecule has 0 saturated carbocycles. The summed E-state index contributed by atoms with van der Waals surface area (Å²) in [4.78, 5) is 27.0. The number of ether oxygens (including phenoxy) is 2. The molecule has 0 saturated heterocycles. The molecule has 1 amide bonds. The first-order chi connectivity index (χ1) is 33.1. The third-order valence-electron chi connectivity index (χ3n) is 14.1. The third-order valence-corrected chi connectivity index (χ3v) is 15.9. The van der Waals surface area contributed by atoms with E-state index in [2.05, 4.69) is 83.8 Å². The summed E-state index contributed by atoms with van der Waals surface area (Å²) in [6, 6.07) is 26.3. The molecule has 5 rings (SSSR count). The molecule has 376 valence electrons. The van der Waals surface area contributed by atoms with E-state index in [4.69, 9.17) is 19.5 Å². The Morgan fingerprint density at radius 1 is 0.710 bits per heavy atom. The van der Waals surface area contributed by atoms with Gasteiger partial charge in [-0.2, -0.15) is 0 Å². The number of aliphatic imine (C=N–C) groups is 2. The predicted octanol–water partition coefficient (Wildman–Crippen LogP) is 14.8. The summed E-state index contributed by atoms with van der Waals surface area (Å²) in [7, 11) is -2.18. The summed E-state index contributed by atoms with van der Waals surface area (Å²) in [5, 5.41) is 3.06. The minimum Gasteiger partial charge on any atom is -0.493 e. The molecule has 1 N–H and O–H groups in total. The fourth-order valence-corrected chi connectivity index (χ4v) is 10.1. The summed E-state index contributed by atoms with van der Waals surface area (Å²) in [6.45, 7) is 21.2.